The van der Waals surface area contributed by atoms with Gasteiger partial charge in [0.1, 0.15) is 5.82 Å². The SMILES string of the molecule is CCOc1ccccc1OC(=O)c1cc(F)ccc1Br. The molecule has 0 amide bonds. The van der Waals surface area contributed by atoms with Gasteiger partial charge in [0.25, 0.3) is 0 Å². The summed E-state index contributed by atoms with van der Waals surface area (Å²) in [5, 5.41) is 0. The minimum atomic E-state index is -0.650. The molecule has 20 heavy (non-hydrogen) atoms. The van der Waals surface area contributed by atoms with Crippen molar-refractivity contribution in [2.75, 3.05) is 6.61 Å². The van der Waals surface area contributed by atoms with E-state index in [-0.39, 0.29) is 5.56 Å². The van der Waals surface area contributed by atoms with Gasteiger partial charge in [-0.1, -0.05) is 12.1 Å². The van der Waals surface area contributed by atoms with Gasteiger partial charge in [-0.3, -0.25) is 0 Å². The fraction of sp³-hybridized carbons (Fsp3) is 0.133. The van der Waals surface area contributed by atoms with Gasteiger partial charge in [-0.15, -0.1) is 0 Å². The smallest absolute Gasteiger partial charge is 0.344 e. The highest BCUT2D eigenvalue weighted by atomic mass is 79.9. The van der Waals surface area contributed by atoms with Crippen LogP contribution in [0.2, 0.25) is 0 Å². The van der Waals surface area contributed by atoms with Gasteiger partial charge in [-0.25, -0.2) is 9.18 Å². The van der Waals surface area contributed by atoms with Crippen LogP contribution in [0.4, 0.5) is 4.39 Å². The minimum Gasteiger partial charge on any atom is -0.490 e. The van der Waals surface area contributed by atoms with Crippen LogP contribution < -0.4 is 9.47 Å². The molecule has 0 unspecified atom stereocenters. The molecule has 0 heterocycles. The Morgan fingerprint density at radius 1 is 1.20 bits per heavy atom. The first-order valence-corrected chi connectivity index (χ1v) is 6.80. The molecule has 2 rings (SSSR count). The first-order valence-electron chi connectivity index (χ1n) is 6.01. The molecule has 0 saturated carbocycles. The molecule has 0 saturated heterocycles. The second kappa shape index (κ2) is 6.52. The van der Waals surface area contributed by atoms with Crippen molar-refractivity contribution in [3.05, 3.63) is 58.3 Å². The fourth-order valence-corrected chi connectivity index (χ4v) is 2.03. The first kappa shape index (κ1) is 14.5. The lowest BCUT2D eigenvalue weighted by molar-refractivity contribution is 0.0727. The minimum absolute atomic E-state index is 0.122. The van der Waals surface area contributed by atoms with Gasteiger partial charge in [-0.05, 0) is 53.2 Å². The Labute approximate surface area is 124 Å². The summed E-state index contributed by atoms with van der Waals surface area (Å²) >= 11 is 3.19. The van der Waals surface area contributed by atoms with Crippen LogP contribution in [0.3, 0.4) is 0 Å². The van der Waals surface area contributed by atoms with Crippen LogP contribution >= 0.6 is 15.9 Å². The van der Waals surface area contributed by atoms with Gasteiger partial charge in [0.05, 0.1) is 12.2 Å². The summed E-state index contributed by atoms with van der Waals surface area (Å²) in [5.41, 5.74) is 0.122. The number of carbonyl (C=O) groups is 1. The maximum absolute atomic E-state index is 13.2. The van der Waals surface area contributed by atoms with Crippen molar-refractivity contribution in [1.29, 1.82) is 0 Å². The Bertz CT molecular complexity index is 628. The summed E-state index contributed by atoms with van der Waals surface area (Å²) in [5.74, 6) is -0.381. The molecule has 0 fully saturated rings. The quantitative estimate of drug-likeness (QED) is 0.618. The largest absolute Gasteiger partial charge is 0.490 e. The number of benzene rings is 2. The zero-order valence-electron chi connectivity index (χ0n) is 10.7. The summed E-state index contributed by atoms with van der Waals surface area (Å²) < 4.78 is 24.3. The van der Waals surface area contributed by atoms with E-state index in [0.717, 1.165) is 6.07 Å². The third-order valence-electron chi connectivity index (χ3n) is 2.50. The molecule has 0 atom stereocenters. The second-order valence-electron chi connectivity index (χ2n) is 3.89. The fourth-order valence-electron chi connectivity index (χ4n) is 1.62. The summed E-state index contributed by atoms with van der Waals surface area (Å²) in [7, 11) is 0. The monoisotopic (exact) mass is 338 g/mol. The lowest BCUT2D eigenvalue weighted by Crippen LogP contribution is -2.10. The van der Waals surface area contributed by atoms with Gasteiger partial charge in [-0.2, -0.15) is 0 Å². The highest BCUT2D eigenvalue weighted by Gasteiger charge is 2.15. The molecular formula is C15H12BrFO3. The second-order valence-corrected chi connectivity index (χ2v) is 4.75. The molecule has 0 spiro atoms. The van der Waals surface area contributed by atoms with E-state index in [1.54, 1.807) is 24.3 Å². The third kappa shape index (κ3) is 3.36. The summed E-state index contributed by atoms with van der Waals surface area (Å²) in [4.78, 5) is 12.1. The average molecular weight is 339 g/mol. The van der Waals surface area contributed by atoms with Crippen LogP contribution in [0.1, 0.15) is 17.3 Å². The predicted molar refractivity (Wildman–Crippen MR) is 76.7 cm³/mol. The number of para-hydroxylation sites is 2. The van der Waals surface area contributed by atoms with Gasteiger partial charge in [0.15, 0.2) is 11.5 Å². The van der Waals surface area contributed by atoms with E-state index in [2.05, 4.69) is 15.9 Å². The van der Waals surface area contributed by atoms with E-state index in [1.807, 2.05) is 6.92 Å². The van der Waals surface area contributed by atoms with Crippen molar-refractivity contribution in [2.45, 2.75) is 6.92 Å². The molecule has 0 N–H and O–H groups in total. The Hall–Kier alpha value is -1.88. The van der Waals surface area contributed by atoms with E-state index >= 15 is 0 Å². The number of rotatable bonds is 4. The maximum Gasteiger partial charge on any atom is 0.344 e. The lowest BCUT2D eigenvalue weighted by Gasteiger charge is -2.10. The van der Waals surface area contributed by atoms with Gasteiger partial charge < -0.3 is 9.47 Å². The number of halogens is 2. The van der Waals surface area contributed by atoms with E-state index in [1.165, 1.54) is 12.1 Å². The molecule has 0 aliphatic rings. The van der Waals surface area contributed by atoms with Crippen molar-refractivity contribution < 1.29 is 18.7 Å². The van der Waals surface area contributed by atoms with Gasteiger partial charge in [0, 0.05) is 4.47 Å². The molecule has 0 bridgehead atoms. The zero-order chi connectivity index (χ0) is 14.5. The van der Waals surface area contributed by atoms with Crippen LogP contribution in [0.15, 0.2) is 46.9 Å². The van der Waals surface area contributed by atoms with Crippen LogP contribution in [0, 0.1) is 5.82 Å². The molecule has 3 nitrogen and oxygen atoms in total. The third-order valence-corrected chi connectivity index (χ3v) is 3.19. The maximum atomic E-state index is 13.2. The van der Waals surface area contributed by atoms with E-state index in [4.69, 9.17) is 9.47 Å². The molecule has 5 heteroatoms. The molecular weight excluding hydrogens is 327 g/mol. The van der Waals surface area contributed by atoms with Crippen LogP contribution in [-0.4, -0.2) is 12.6 Å². The summed E-state index contributed by atoms with van der Waals surface area (Å²) in [6, 6.07) is 10.7. The Balaban J connectivity index is 2.26. The molecule has 2 aromatic rings. The predicted octanol–water partition coefficient (Wildman–Crippen LogP) is 4.21. The molecule has 0 aliphatic heterocycles. The number of hydrogen-bond acceptors (Lipinski definition) is 3. The van der Waals surface area contributed by atoms with E-state index in [9.17, 15) is 9.18 Å². The highest BCUT2D eigenvalue weighted by Crippen LogP contribution is 2.28. The van der Waals surface area contributed by atoms with Crippen molar-refractivity contribution in [1.82, 2.24) is 0 Å². The number of esters is 1. The average Bonchev–Trinajstić information content (AvgIpc) is 2.44. The van der Waals surface area contributed by atoms with Crippen molar-refractivity contribution in [3.63, 3.8) is 0 Å². The zero-order valence-corrected chi connectivity index (χ0v) is 12.3. The Kier molecular flexibility index (Phi) is 4.74. The normalized spacial score (nSPS) is 10.2. The van der Waals surface area contributed by atoms with E-state index < -0.39 is 11.8 Å². The Morgan fingerprint density at radius 2 is 1.90 bits per heavy atom. The Morgan fingerprint density at radius 3 is 2.60 bits per heavy atom. The van der Waals surface area contributed by atoms with Crippen LogP contribution in [0.5, 0.6) is 11.5 Å². The highest BCUT2D eigenvalue weighted by molar-refractivity contribution is 9.10. The molecule has 2 aromatic carbocycles. The van der Waals surface area contributed by atoms with Crippen molar-refractivity contribution in [3.8, 4) is 11.5 Å². The topological polar surface area (TPSA) is 35.5 Å². The first-order chi connectivity index (χ1) is 9.61. The summed E-state index contributed by atoms with van der Waals surface area (Å²) in [6.45, 7) is 2.29. The van der Waals surface area contributed by atoms with Crippen LogP contribution in [-0.2, 0) is 0 Å². The molecule has 104 valence electrons. The lowest BCUT2D eigenvalue weighted by atomic mass is 10.2. The molecule has 0 aromatic heterocycles. The number of ether oxygens (including phenoxy) is 2. The number of carbonyl (C=O) groups excluding carboxylic acids is 1. The summed E-state index contributed by atoms with van der Waals surface area (Å²) in [6.07, 6.45) is 0. The molecule has 0 radical (unpaired) electrons. The molecule has 0 aliphatic carbocycles. The van der Waals surface area contributed by atoms with Gasteiger partial charge in [0.2, 0.25) is 0 Å². The van der Waals surface area contributed by atoms with Gasteiger partial charge >= 0.3 is 5.97 Å². The van der Waals surface area contributed by atoms with Crippen molar-refractivity contribution >= 4 is 21.9 Å². The van der Waals surface area contributed by atoms with Crippen molar-refractivity contribution in [2.24, 2.45) is 0 Å². The van der Waals surface area contributed by atoms with E-state index in [0.29, 0.717) is 22.6 Å². The van der Waals surface area contributed by atoms with Crippen LogP contribution in [0.25, 0.3) is 0 Å². The standard InChI is InChI=1S/C15H12BrFO3/c1-2-19-13-5-3-4-6-14(13)20-15(18)11-9-10(17)7-8-12(11)16/h3-9H,2H2,1H3. The number of hydrogen-bond donors (Lipinski definition) is 0.